The molecule has 2 aromatic carbocycles. The first kappa shape index (κ1) is 20.9. The summed E-state index contributed by atoms with van der Waals surface area (Å²) in [4.78, 5) is 24.0. The predicted molar refractivity (Wildman–Crippen MR) is 103 cm³/mol. The molecule has 1 unspecified atom stereocenters. The molecule has 0 aliphatic rings. The molecular weight excluding hydrogens is 417 g/mol. The van der Waals surface area contributed by atoms with Crippen LogP contribution in [0.25, 0.3) is 0 Å². The number of methoxy groups -OCH3 is 2. The Morgan fingerprint density at radius 1 is 1.15 bits per heavy atom. The van der Waals surface area contributed by atoms with Crippen molar-refractivity contribution in [3.8, 4) is 5.75 Å². The molecule has 0 fully saturated rings. The van der Waals surface area contributed by atoms with E-state index in [-0.39, 0.29) is 24.5 Å². The van der Waals surface area contributed by atoms with Gasteiger partial charge in [-0.3, -0.25) is 9.59 Å². The van der Waals surface area contributed by atoms with Crippen LogP contribution in [0.5, 0.6) is 5.75 Å². The third-order valence-corrected chi connectivity index (χ3v) is 4.59. The maximum atomic E-state index is 13.7. The van der Waals surface area contributed by atoms with Gasteiger partial charge in [-0.25, -0.2) is 4.39 Å². The lowest BCUT2D eigenvalue weighted by molar-refractivity contribution is -0.141. The minimum atomic E-state index is -0.495. The number of benzene rings is 2. The molecule has 7 heteroatoms. The summed E-state index contributed by atoms with van der Waals surface area (Å²) in [5, 5.41) is 2.85. The Labute approximate surface area is 166 Å². The fourth-order valence-electron chi connectivity index (χ4n) is 2.59. The Morgan fingerprint density at radius 3 is 2.44 bits per heavy atom. The second kappa shape index (κ2) is 10.1. The first-order valence-electron chi connectivity index (χ1n) is 8.37. The van der Waals surface area contributed by atoms with Gasteiger partial charge in [0.1, 0.15) is 0 Å². The molecule has 2 rings (SSSR count). The molecule has 0 saturated heterocycles. The van der Waals surface area contributed by atoms with Crippen molar-refractivity contribution in [3.05, 3.63) is 63.9 Å². The van der Waals surface area contributed by atoms with E-state index in [1.807, 2.05) is 24.3 Å². The van der Waals surface area contributed by atoms with Crippen molar-refractivity contribution in [1.29, 1.82) is 0 Å². The summed E-state index contributed by atoms with van der Waals surface area (Å²) in [5.41, 5.74) is 1.49. The quantitative estimate of drug-likeness (QED) is 0.634. The molecule has 5 nitrogen and oxygen atoms in total. The van der Waals surface area contributed by atoms with E-state index in [0.717, 1.165) is 10.0 Å². The van der Waals surface area contributed by atoms with Gasteiger partial charge >= 0.3 is 5.97 Å². The van der Waals surface area contributed by atoms with E-state index >= 15 is 0 Å². The third kappa shape index (κ3) is 6.36. The van der Waals surface area contributed by atoms with Gasteiger partial charge in [0.2, 0.25) is 5.91 Å². The molecular formula is C20H21BrFNO4. The van der Waals surface area contributed by atoms with E-state index < -0.39 is 17.8 Å². The van der Waals surface area contributed by atoms with E-state index in [1.54, 1.807) is 6.07 Å². The first-order chi connectivity index (χ1) is 12.9. The van der Waals surface area contributed by atoms with Crippen LogP contribution in [0.1, 0.15) is 30.0 Å². The van der Waals surface area contributed by atoms with Crippen molar-refractivity contribution in [3.63, 3.8) is 0 Å². The van der Waals surface area contributed by atoms with Crippen LogP contribution < -0.4 is 10.1 Å². The molecule has 0 aromatic heterocycles. The highest BCUT2D eigenvalue weighted by Gasteiger charge is 2.19. The normalized spacial score (nSPS) is 11.6. The van der Waals surface area contributed by atoms with Crippen molar-refractivity contribution in [1.82, 2.24) is 5.32 Å². The lowest BCUT2D eigenvalue weighted by Gasteiger charge is -2.18. The van der Waals surface area contributed by atoms with E-state index in [4.69, 9.17) is 9.47 Å². The number of ether oxygens (including phenoxy) is 2. The summed E-state index contributed by atoms with van der Waals surface area (Å²) in [7, 11) is 2.70. The highest BCUT2D eigenvalue weighted by molar-refractivity contribution is 9.10. The van der Waals surface area contributed by atoms with Gasteiger partial charge in [-0.1, -0.05) is 34.1 Å². The Hall–Kier alpha value is -2.41. The SMILES string of the molecule is COC(=O)CC(NC(=O)CCc1ccc(OC)c(F)c1)c1ccc(Br)cc1. The number of esters is 1. The molecule has 0 spiro atoms. The summed E-state index contributed by atoms with van der Waals surface area (Å²) in [6, 6.07) is 11.4. The molecule has 0 aliphatic carbocycles. The molecule has 1 amide bonds. The number of amides is 1. The average molecular weight is 438 g/mol. The lowest BCUT2D eigenvalue weighted by Crippen LogP contribution is -2.30. The third-order valence-electron chi connectivity index (χ3n) is 4.06. The Bertz CT molecular complexity index is 795. The number of hydrogen-bond donors (Lipinski definition) is 1. The number of nitrogens with one attached hydrogen (secondary N) is 1. The van der Waals surface area contributed by atoms with Crippen LogP contribution in [0, 0.1) is 5.82 Å². The van der Waals surface area contributed by atoms with Crippen LogP contribution in [0.3, 0.4) is 0 Å². The summed E-state index contributed by atoms with van der Waals surface area (Å²) in [6.07, 6.45) is 0.568. The number of hydrogen-bond acceptors (Lipinski definition) is 4. The van der Waals surface area contributed by atoms with Crippen LogP contribution in [0.2, 0.25) is 0 Å². The topological polar surface area (TPSA) is 64.6 Å². The van der Waals surface area contributed by atoms with Crippen molar-refractivity contribution < 1.29 is 23.5 Å². The lowest BCUT2D eigenvalue weighted by atomic mass is 10.0. The maximum absolute atomic E-state index is 13.7. The van der Waals surface area contributed by atoms with Crippen LogP contribution in [0.15, 0.2) is 46.9 Å². The van der Waals surface area contributed by atoms with Gasteiger partial charge in [0, 0.05) is 10.9 Å². The van der Waals surface area contributed by atoms with Gasteiger partial charge in [0.25, 0.3) is 0 Å². The number of carbonyl (C=O) groups is 2. The second-order valence-corrected chi connectivity index (χ2v) is 6.84. The van der Waals surface area contributed by atoms with Gasteiger partial charge < -0.3 is 14.8 Å². The van der Waals surface area contributed by atoms with Crippen molar-refractivity contribution >= 4 is 27.8 Å². The summed E-state index contributed by atoms with van der Waals surface area (Å²) >= 11 is 3.36. The number of halogens is 2. The summed E-state index contributed by atoms with van der Waals surface area (Å²) in [5.74, 6) is -0.950. The largest absolute Gasteiger partial charge is 0.494 e. The fourth-order valence-corrected chi connectivity index (χ4v) is 2.85. The fraction of sp³-hybridized carbons (Fsp3) is 0.300. The zero-order valence-electron chi connectivity index (χ0n) is 15.1. The number of rotatable bonds is 8. The van der Waals surface area contributed by atoms with Crippen LogP contribution in [-0.4, -0.2) is 26.1 Å². The molecule has 144 valence electrons. The van der Waals surface area contributed by atoms with E-state index in [9.17, 15) is 14.0 Å². The number of carbonyl (C=O) groups excluding carboxylic acids is 2. The first-order valence-corrected chi connectivity index (χ1v) is 9.16. The zero-order valence-corrected chi connectivity index (χ0v) is 16.7. The van der Waals surface area contributed by atoms with Crippen LogP contribution >= 0.6 is 15.9 Å². The second-order valence-electron chi connectivity index (χ2n) is 5.92. The highest BCUT2D eigenvalue weighted by Crippen LogP contribution is 2.21. The van der Waals surface area contributed by atoms with Crippen LogP contribution in [-0.2, 0) is 20.7 Å². The van der Waals surface area contributed by atoms with Crippen molar-refractivity contribution in [2.24, 2.45) is 0 Å². The molecule has 0 aliphatic heterocycles. The van der Waals surface area contributed by atoms with Gasteiger partial charge in [0.15, 0.2) is 11.6 Å². The Balaban J connectivity index is 2.01. The minimum Gasteiger partial charge on any atom is -0.494 e. The Kier molecular flexibility index (Phi) is 7.79. The molecule has 0 bridgehead atoms. The molecule has 1 atom stereocenters. The Morgan fingerprint density at radius 2 is 1.85 bits per heavy atom. The molecule has 1 N–H and O–H groups in total. The number of aryl methyl sites for hydroxylation is 1. The van der Waals surface area contributed by atoms with Gasteiger partial charge in [0.05, 0.1) is 26.7 Å². The van der Waals surface area contributed by atoms with Crippen molar-refractivity contribution in [2.75, 3.05) is 14.2 Å². The molecule has 2 aromatic rings. The molecule has 0 saturated carbocycles. The standard InChI is InChI=1S/C20H21BrFNO4/c1-26-18-9-3-13(11-16(18)22)4-10-19(24)23-17(12-20(25)27-2)14-5-7-15(21)8-6-14/h3,5-9,11,17H,4,10,12H2,1-2H3,(H,23,24). The van der Waals surface area contributed by atoms with E-state index in [1.165, 1.54) is 26.4 Å². The average Bonchev–Trinajstić information content (AvgIpc) is 2.66. The maximum Gasteiger partial charge on any atom is 0.307 e. The monoisotopic (exact) mass is 437 g/mol. The van der Waals surface area contributed by atoms with Crippen molar-refractivity contribution in [2.45, 2.75) is 25.3 Å². The van der Waals surface area contributed by atoms with Gasteiger partial charge in [-0.05, 0) is 41.8 Å². The smallest absolute Gasteiger partial charge is 0.307 e. The van der Waals surface area contributed by atoms with E-state index in [2.05, 4.69) is 21.2 Å². The highest BCUT2D eigenvalue weighted by atomic mass is 79.9. The zero-order chi connectivity index (χ0) is 19.8. The summed E-state index contributed by atoms with van der Waals surface area (Å²) in [6.45, 7) is 0. The predicted octanol–water partition coefficient (Wildman–Crippen LogP) is 3.95. The molecule has 27 heavy (non-hydrogen) atoms. The molecule has 0 radical (unpaired) electrons. The van der Waals surface area contributed by atoms with E-state index in [0.29, 0.717) is 12.0 Å². The van der Waals surface area contributed by atoms with Gasteiger partial charge in [-0.15, -0.1) is 0 Å². The van der Waals surface area contributed by atoms with Crippen LogP contribution in [0.4, 0.5) is 4.39 Å². The van der Waals surface area contributed by atoms with Gasteiger partial charge in [-0.2, -0.15) is 0 Å². The summed E-state index contributed by atoms with van der Waals surface area (Å²) < 4.78 is 24.2. The minimum absolute atomic E-state index is 0.0288. The molecule has 0 heterocycles.